The number of aromatic amines is 1. The van der Waals surface area contributed by atoms with Crippen LogP contribution in [0.1, 0.15) is 40.7 Å². The first-order chi connectivity index (χ1) is 11.9. The normalized spacial score (nSPS) is 16.1. The van der Waals surface area contributed by atoms with Crippen molar-refractivity contribution in [3.63, 3.8) is 0 Å². The molecule has 1 unspecified atom stereocenters. The molecule has 1 aromatic heterocycles. The van der Waals surface area contributed by atoms with Crippen LogP contribution in [0.2, 0.25) is 10.0 Å². The lowest BCUT2D eigenvalue weighted by atomic mass is 9.86. The summed E-state index contributed by atoms with van der Waals surface area (Å²) < 4.78 is 10.2. The van der Waals surface area contributed by atoms with Crippen molar-refractivity contribution in [2.24, 2.45) is 0 Å². The number of carbonyl (C=O) groups is 2. The van der Waals surface area contributed by atoms with Crippen LogP contribution in [0.25, 0.3) is 0 Å². The number of H-pyrrole nitrogens is 1. The molecule has 1 aliphatic rings. The molecule has 0 spiro atoms. The lowest BCUT2D eigenvalue weighted by molar-refractivity contribution is -0.135. The fourth-order valence-electron chi connectivity index (χ4n) is 2.79. The number of aromatic nitrogens is 1. The van der Waals surface area contributed by atoms with Crippen molar-refractivity contribution in [1.29, 1.82) is 0 Å². The molecule has 1 aromatic carbocycles. The molecule has 0 aliphatic carbocycles. The molecule has 0 bridgehead atoms. The smallest absolute Gasteiger partial charge is 0.343 e. The fourth-order valence-corrected chi connectivity index (χ4v) is 3.33. The maximum atomic E-state index is 12.4. The molecule has 3 rings (SSSR count). The quantitative estimate of drug-likeness (QED) is 0.824. The van der Waals surface area contributed by atoms with Crippen molar-refractivity contribution in [1.82, 2.24) is 4.98 Å². The van der Waals surface area contributed by atoms with Gasteiger partial charge in [-0.15, -0.1) is 0 Å². The SMILES string of the molecule is CCOC(=O)c1c[nH]c(=O)c2c1OC(=O)CC2c1ccc(Cl)cc1Cl. The van der Waals surface area contributed by atoms with Crippen molar-refractivity contribution < 1.29 is 19.1 Å². The van der Waals surface area contributed by atoms with E-state index in [4.69, 9.17) is 32.7 Å². The van der Waals surface area contributed by atoms with Crippen molar-refractivity contribution in [3.05, 3.63) is 61.5 Å². The summed E-state index contributed by atoms with van der Waals surface area (Å²) in [4.78, 5) is 39.1. The predicted molar refractivity (Wildman–Crippen MR) is 91.6 cm³/mol. The average Bonchev–Trinajstić information content (AvgIpc) is 2.54. The third-order valence-electron chi connectivity index (χ3n) is 3.85. The molecule has 0 fully saturated rings. The third kappa shape index (κ3) is 3.27. The summed E-state index contributed by atoms with van der Waals surface area (Å²) in [7, 11) is 0. The highest BCUT2D eigenvalue weighted by atomic mass is 35.5. The molecule has 2 heterocycles. The molecule has 1 atom stereocenters. The first-order valence-electron chi connectivity index (χ1n) is 7.50. The number of rotatable bonds is 3. The molecule has 2 aromatic rings. The van der Waals surface area contributed by atoms with Gasteiger partial charge in [-0.25, -0.2) is 4.79 Å². The molecular formula is C17H13Cl2NO5. The second-order valence-electron chi connectivity index (χ2n) is 5.39. The lowest BCUT2D eigenvalue weighted by Crippen LogP contribution is -2.30. The Hall–Kier alpha value is -2.31. The van der Waals surface area contributed by atoms with Crippen molar-refractivity contribution in [2.75, 3.05) is 6.61 Å². The Labute approximate surface area is 152 Å². The number of benzene rings is 1. The van der Waals surface area contributed by atoms with Gasteiger partial charge in [0.1, 0.15) is 5.56 Å². The van der Waals surface area contributed by atoms with Crippen molar-refractivity contribution in [2.45, 2.75) is 19.3 Å². The van der Waals surface area contributed by atoms with E-state index in [0.717, 1.165) is 0 Å². The number of carbonyl (C=O) groups excluding carboxylic acids is 2. The molecule has 0 saturated carbocycles. The van der Waals surface area contributed by atoms with Gasteiger partial charge in [0.25, 0.3) is 5.56 Å². The van der Waals surface area contributed by atoms with Gasteiger partial charge >= 0.3 is 11.9 Å². The van der Waals surface area contributed by atoms with Crippen LogP contribution in [0.15, 0.2) is 29.2 Å². The number of fused-ring (bicyclic) bond motifs is 1. The largest absolute Gasteiger partial charge is 0.462 e. The highest BCUT2D eigenvalue weighted by Gasteiger charge is 2.35. The van der Waals surface area contributed by atoms with Crippen LogP contribution in [0.4, 0.5) is 0 Å². The number of esters is 2. The minimum absolute atomic E-state index is 0.0143. The minimum atomic E-state index is -0.689. The van der Waals surface area contributed by atoms with Gasteiger partial charge in [-0.2, -0.15) is 0 Å². The zero-order chi connectivity index (χ0) is 18.1. The highest BCUT2D eigenvalue weighted by molar-refractivity contribution is 6.35. The lowest BCUT2D eigenvalue weighted by Gasteiger charge is -2.25. The predicted octanol–water partition coefficient (Wildman–Crippen LogP) is 3.30. The monoisotopic (exact) mass is 381 g/mol. The number of hydrogen-bond acceptors (Lipinski definition) is 5. The van der Waals surface area contributed by atoms with E-state index in [1.807, 2.05) is 0 Å². The van der Waals surface area contributed by atoms with Crippen molar-refractivity contribution >= 4 is 35.1 Å². The summed E-state index contributed by atoms with van der Waals surface area (Å²) in [6, 6.07) is 4.79. The second kappa shape index (κ2) is 6.90. The van der Waals surface area contributed by atoms with Gasteiger partial charge in [0.2, 0.25) is 0 Å². The molecule has 6 nitrogen and oxygen atoms in total. The van der Waals surface area contributed by atoms with Gasteiger partial charge in [0.15, 0.2) is 5.75 Å². The van der Waals surface area contributed by atoms with Crippen LogP contribution in [0.5, 0.6) is 5.75 Å². The van der Waals surface area contributed by atoms with Gasteiger partial charge < -0.3 is 14.5 Å². The summed E-state index contributed by atoms with van der Waals surface area (Å²) in [5.41, 5.74) is 0.232. The van der Waals surface area contributed by atoms with E-state index in [2.05, 4.69) is 4.98 Å². The average molecular weight is 382 g/mol. The van der Waals surface area contributed by atoms with Crippen LogP contribution < -0.4 is 10.3 Å². The Morgan fingerprint density at radius 1 is 1.36 bits per heavy atom. The molecule has 0 saturated heterocycles. The molecule has 25 heavy (non-hydrogen) atoms. The Morgan fingerprint density at radius 3 is 2.80 bits per heavy atom. The van der Waals surface area contributed by atoms with Gasteiger partial charge in [-0.3, -0.25) is 9.59 Å². The van der Waals surface area contributed by atoms with E-state index < -0.39 is 23.4 Å². The first-order valence-corrected chi connectivity index (χ1v) is 8.26. The van der Waals surface area contributed by atoms with E-state index >= 15 is 0 Å². The number of ether oxygens (including phenoxy) is 2. The fraction of sp³-hybridized carbons (Fsp3) is 0.235. The standard InChI is InChI=1S/C17H13Cl2NO5/c1-2-24-17(23)11-7-20-16(22)14-10(6-13(21)25-15(11)14)9-4-3-8(18)5-12(9)19/h3-5,7,10H,2,6H2,1H3,(H,20,22). The Balaban J connectivity index is 2.21. The maximum Gasteiger partial charge on any atom is 0.343 e. The Bertz CT molecular complexity index is 922. The van der Waals surface area contributed by atoms with Crippen LogP contribution in [0.3, 0.4) is 0 Å². The zero-order valence-electron chi connectivity index (χ0n) is 13.1. The summed E-state index contributed by atoms with van der Waals surface area (Å²) in [6.45, 7) is 1.80. The van der Waals surface area contributed by atoms with Crippen LogP contribution >= 0.6 is 23.2 Å². The first kappa shape index (κ1) is 17.5. The summed E-state index contributed by atoms with van der Waals surface area (Å²) >= 11 is 12.2. The molecule has 0 amide bonds. The molecule has 1 aliphatic heterocycles. The Kier molecular flexibility index (Phi) is 4.83. The molecule has 130 valence electrons. The van der Waals surface area contributed by atoms with E-state index in [1.54, 1.807) is 19.1 Å². The second-order valence-corrected chi connectivity index (χ2v) is 6.23. The van der Waals surface area contributed by atoms with Gasteiger partial charge in [-0.1, -0.05) is 29.3 Å². The molecule has 1 N–H and O–H groups in total. The summed E-state index contributed by atoms with van der Waals surface area (Å²) in [5.74, 6) is -2.00. The van der Waals surface area contributed by atoms with Crippen LogP contribution in [-0.2, 0) is 9.53 Å². The van der Waals surface area contributed by atoms with E-state index in [9.17, 15) is 14.4 Å². The molecule has 8 heteroatoms. The van der Waals surface area contributed by atoms with Crippen LogP contribution in [0, 0.1) is 0 Å². The summed E-state index contributed by atoms with van der Waals surface area (Å²) in [5, 5.41) is 0.751. The van der Waals surface area contributed by atoms with Gasteiger partial charge in [-0.05, 0) is 24.6 Å². The van der Waals surface area contributed by atoms with Crippen LogP contribution in [-0.4, -0.2) is 23.5 Å². The third-order valence-corrected chi connectivity index (χ3v) is 4.41. The maximum absolute atomic E-state index is 12.4. The van der Waals surface area contributed by atoms with E-state index in [1.165, 1.54) is 12.3 Å². The van der Waals surface area contributed by atoms with E-state index in [-0.39, 0.29) is 29.9 Å². The van der Waals surface area contributed by atoms with Crippen molar-refractivity contribution in [3.8, 4) is 5.75 Å². The number of pyridine rings is 1. The van der Waals surface area contributed by atoms with Gasteiger partial charge in [0, 0.05) is 22.2 Å². The van der Waals surface area contributed by atoms with E-state index in [0.29, 0.717) is 15.6 Å². The Morgan fingerprint density at radius 2 is 2.12 bits per heavy atom. The highest BCUT2D eigenvalue weighted by Crippen LogP contribution is 2.41. The zero-order valence-corrected chi connectivity index (χ0v) is 14.6. The minimum Gasteiger partial charge on any atom is -0.462 e. The number of hydrogen-bond donors (Lipinski definition) is 1. The molecular weight excluding hydrogens is 369 g/mol. The molecule has 0 radical (unpaired) electrons. The topological polar surface area (TPSA) is 85.5 Å². The van der Waals surface area contributed by atoms with Gasteiger partial charge in [0.05, 0.1) is 18.6 Å². The number of nitrogens with one attached hydrogen (secondary N) is 1. The summed E-state index contributed by atoms with van der Waals surface area (Å²) in [6.07, 6.45) is 1.10. The number of halogens is 2.